The fourth-order valence-corrected chi connectivity index (χ4v) is 2.86. The fraction of sp³-hybridized carbons (Fsp3) is 0.438. The van der Waals surface area contributed by atoms with Crippen molar-refractivity contribution in [1.82, 2.24) is 10.6 Å². The number of rotatable bonds is 4. The van der Waals surface area contributed by atoms with Crippen LogP contribution in [-0.4, -0.2) is 23.1 Å². The average Bonchev–Trinajstić information content (AvgIpc) is 2.53. The summed E-state index contributed by atoms with van der Waals surface area (Å²) in [5, 5.41) is 23.3. The van der Waals surface area contributed by atoms with Gasteiger partial charge in [-0.3, -0.25) is 4.79 Å². The van der Waals surface area contributed by atoms with Crippen LogP contribution in [0.4, 0.5) is 4.79 Å². The van der Waals surface area contributed by atoms with Crippen LogP contribution in [-0.2, 0) is 4.79 Å². The number of nitrogens with one attached hydrogen (secondary N) is 2. The van der Waals surface area contributed by atoms with Crippen molar-refractivity contribution < 1.29 is 14.7 Å². The first-order valence-corrected chi connectivity index (χ1v) is 7.36. The predicted molar refractivity (Wildman–Crippen MR) is 79.8 cm³/mol. The molecule has 0 spiro atoms. The summed E-state index contributed by atoms with van der Waals surface area (Å²) < 4.78 is 0. The van der Waals surface area contributed by atoms with Crippen LogP contribution in [0.5, 0.6) is 0 Å². The van der Waals surface area contributed by atoms with Gasteiger partial charge in [-0.25, -0.2) is 4.79 Å². The van der Waals surface area contributed by atoms with Gasteiger partial charge >= 0.3 is 6.09 Å². The number of hydrogen-bond acceptors (Lipinski definition) is 3. The first kappa shape index (κ1) is 15.8. The second-order valence-corrected chi connectivity index (χ2v) is 5.43. The predicted octanol–water partition coefficient (Wildman–Crippen LogP) is 2.19. The third-order valence-electron chi connectivity index (χ3n) is 3.96. The lowest BCUT2D eigenvalue weighted by atomic mass is 9.83. The van der Waals surface area contributed by atoms with Gasteiger partial charge in [-0.15, -0.1) is 0 Å². The summed E-state index contributed by atoms with van der Waals surface area (Å²) in [5.41, 5.74) is 0.719. The van der Waals surface area contributed by atoms with E-state index in [2.05, 4.69) is 16.7 Å². The summed E-state index contributed by atoms with van der Waals surface area (Å²) in [5.74, 6) is -0.696. The molecule has 0 saturated heterocycles. The summed E-state index contributed by atoms with van der Waals surface area (Å²) in [6.07, 6.45) is 1.94. The highest BCUT2D eigenvalue weighted by Gasteiger charge is 2.33. The van der Waals surface area contributed by atoms with Crippen LogP contribution >= 0.6 is 0 Å². The number of nitrogens with zero attached hydrogens (tertiary/aromatic N) is 1. The highest BCUT2D eigenvalue weighted by atomic mass is 16.4. The molecule has 0 heterocycles. The van der Waals surface area contributed by atoms with Gasteiger partial charge in [0, 0.05) is 6.04 Å². The Morgan fingerprint density at radius 3 is 2.55 bits per heavy atom. The standard InChI is InChI=1S/C16H19N3O3/c17-10-14(11-6-2-1-3-7-11)18-15(20)12-8-4-5-9-13(12)19-16(21)22/h1-3,6-7,12-14,19H,4-5,8-9H2,(H,18,20)(H,21,22)/t12?,13?,14-/m1/s1. The summed E-state index contributed by atoms with van der Waals surface area (Å²) in [7, 11) is 0. The minimum atomic E-state index is -1.12. The maximum atomic E-state index is 12.4. The topological polar surface area (TPSA) is 102 Å². The molecule has 2 rings (SSSR count). The van der Waals surface area contributed by atoms with Crippen molar-refractivity contribution in [2.75, 3.05) is 0 Å². The Kier molecular flexibility index (Phi) is 5.37. The first-order chi connectivity index (χ1) is 10.6. The molecule has 0 aliphatic heterocycles. The summed E-state index contributed by atoms with van der Waals surface area (Å²) in [6.45, 7) is 0. The van der Waals surface area contributed by atoms with Gasteiger partial charge in [-0.1, -0.05) is 43.2 Å². The monoisotopic (exact) mass is 301 g/mol. The molecule has 0 radical (unpaired) electrons. The molecule has 22 heavy (non-hydrogen) atoms. The normalized spacial score (nSPS) is 22.1. The number of nitriles is 1. The van der Waals surface area contributed by atoms with Crippen molar-refractivity contribution in [3.05, 3.63) is 35.9 Å². The van der Waals surface area contributed by atoms with Crippen molar-refractivity contribution in [2.45, 2.75) is 37.8 Å². The van der Waals surface area contributed by atoms with E-state index in [1.165, 1.54) is 0 Å². The second-order valence-electron chi connectivity index (χ2n) is 5.43. The van der Waals surface area contributed by atoms with E-state index >= 15 is 0 Å². The fourth-order valence-electron chi connectivity index (χ4n) is 2.86. The molecule has 3 N–H and O–H groups in total. The van der Waals surface area contributed by atoms with E-state index in [0.717, 1.165) is 18.4 Å². The lowest BCUT2D eigenvalue weighted by Crippen LogP contribution is -2.48. The van der Waals surface area contributed by atoms with Crippen molar-refractivity contribution in [2.24, 2.45) is 5.92 Å². The van der Waals surface area contributed by atoms with E-state index in [4.69, 9.17) is 5.11 Å². The molecule has 1 aromatic rings. The van der Waals surface area contributed by atoms with Gasteiger partial charge in [0.1, 0.15) is 6.04 Å². The maximum Gasteiger partial charge on any atom is 0.404 e. The lowest BCUT2D eigenvalue weighted by Gasteiger charge is -2.30. The number of hydrogen-bond donors (Lipinski definition) is 3. The Labute approximate surface area is 129 Å². The molecule has 116 valence electrons. The van der Waals surface area contributed by atoms with E-state index in [0.29, 0.717) is 12.8 Å². The number of benzene rings is 1. The van der Waals surface area contributed by atoms with Crippen LogP contribution in [0.15, 0.2) is 30.3 Å². The summed E-state index contributed by atoms with van der Waals surface area (Å²) in [4.78, 5) is 23.3. The Morgan fingerprint density at radius 1 is 1.23 bits per heavy atom. The van der Waals surface area contributed by atoms with Gasteiger partial charge in [0.2, 0.25) is 5.91 Å². The van der Waals surface area contributed by atoms with E-state index in [1.54, 1.807) is 24.3 Å². The Morgan fingerprint density at radius 2 is 1.91 bits per heavy atom. The highest BCUT2D eigenvalue weighted by Crippen LogP contribution is 2.25. The van der Waals surface area contributed by atoms with Gasteiger partial charge in [0.15, 0.2) is 0 Å². The van der Waals surface area contributed by atoms with Crippen LogP contribution in [0, 0.1) is 17.2 Å². The number of carbonyl (C=O) groups excluding carboxylic acids is 1. The van der Waals surface area contributed by atoms with E-state index < -0.39 is 18.1 Å². The van der Waals surface area contributed by atoms with Crippen molar-refractivity contribution in [3.8, 4) is 6.07 Å². The lowest BCUT2D eigenvalue weighted by molar-refractivity contribution is -0.127. The van der Waals surface area contributed by atoms with Crippen LogP contribution in [0.1, 0.15) is 37.3 Å². The van der Waals surface area contributed by atoms with E-state index in [9.17, 15) is 14.9 Å². The zero-order chi connectivity index (χ0) is 15.9. The Balaban J connectivity index is 2.05. The SMILES string of the molecule is N#C[C@@H](NC(=O)C1CCCCC1NC(=O)O)c1ccccc1. The van der Waals surface area contributed by atoms with Crippen molar-refractivity contribution in [3.63, 3.8) is 0 Å². The van der Waals surface area contributed by atoms with E-state index in [1.807, 2.05) is 6.07 Å². The Bertz CT molecular complexity index is 568. The van der Waals surface area contributed by atoms with Crippen molar-refractivity contribution in [1.29, 1.82) is 5.26 Å². The zero-order valence-electron chi connectivity index (χ0n) is 12.2. The molecule has 0 bridgehead atoms. The molecule has 1 aliphatic rings. The van der Waals surface area contributed by atoms with Crippen molar-refractivity contribution >= 4 is 12.0 Å². The molecule has 0 aromatic heterocycles. The van der Waals surface area contributed by atoms with E-state index in [-0.39, 0.29) is 11.9 Å². The molecule has 1 saturated carbocycles. The van der Waals surface area contributed by atoms with Crippen LogP contribution < -0.4 is 10.6 Å². The van der Waals surface area contributed by atoms with Crippen LogP contribution in [0.2, 0.25) is 0 Å². The number of carboxylic acid groups (broad SMARTS) is 1. The van der Waals surface area contributed by atoms with Gasteiger partial charge < -0.3 is 15.7 Å². The third-order valence-corrected chi connectivity index (χ3v) is 3.96. The molecular weight excluding hydrogens is 282 g/mol. The summed E-state index contributed by atoms with van der Waals surface area (Å²) in [6, 6.07) is 9.98. The molecule has 1 aliphatic carbocycles. The molecule has 3 atom stereocenters. The van der Waals surface area contributed by atoms with Gasteiger partial charge in [-0.2, -0.15) is 5.26 Å². The van der Waals surface area contributed by atoms with Gasteiger partial charge in [0.25, 0.3) is 0 Å². The minimum Gasteiger partial charge on any atom is -0.465 e. The smallest absolute Gasteiger partial charge is 0.404 e. The summed E-state index contributed by atoms with van der Waals surface area (Å²) >= 11 is 0. The quantitative estimate of drug-likeness (QED) is 0.793. The maximum absolute atomic E-state index is 12.4. The molecule has 2 amide bonds. The van der Waals surface area contributed by atoms with Gasteiger partial charge in [0.05, 0.1) is 12.0 Å². The number of amides is 2. The highest BCUT2D eigenvalue weighted by molar-refractivity contribution is 5.81. The minimum absolute atomic E-state index is 0.270. The van der Waals surface area contributed by atoms with Gasteiger partial charge in [-0.05, 0) is 18.4 Å². The molecule has 6 nitrogen and oxygen atoms in total. The first-order valence-electron chi connectivity index (χ1n) is 7.36. The third kappa shape index (κ3) is 3.98. The van der Waals surface area contributed by atoms with Crippen LogP contribution in [0.25, 0.3) is 0 Å². The second kappa shape index (κ2) is 7.46. The molecule has 6 heteroatoms. The molecule has 1 fully saturated rings. The Hall–Kier alpha value is -2.55. The molecular formula is C16H19N3O3. The van der Waals surface area contributed by atoms with Crippen LogP contribution in [0.3, 0.4) is 0 Å². The average molecular weight is 301 g/mol. The molecule has 1 aromatic carbocycles. The number of carbonyl (C=O) groups is 2. The largest absolute Gasteiger partial charge is 0.465 e. The zero-order valence-corrected chi connectivity index (χ0v) is 12.2. The molecule has 2 unspecified atom stereocenters.